The third-order valence-electron chi connectivity index (χ3n) is 1.92. The average molecular weight is 212 g/mol. The second-order valence-corrected chi connectivity index (χ2v) is 3.05. The molecule has 0 aliphatic heterocycles. The number of halogens is 1. The number of carbonyl (C=O) groups is 1. The molecule has 3 nitrogen and oxygen atoms in total. The minimum absolute atomic E-state index is 0.231. The molecule has 0 fully saturated rings. The fraction of sp³-hybridized carbons (Fsp3) is 0.364. The van der Waals surface area contributed by atoms with Crippen molar-refractivity contribution in [1.82, 2.24) is 0 Å². The molecule has 0 bridgehead atoms. The van der Waals surface area contributed by atoms with Crippen LogP contribution in [0.25, 0.3) is 0 Å². The van der Waals surface area contributed by atoms with Crippen LogP contribution in [0.15, 0.2) is 18.2 Å². The summed E-state index contributed by atoms with van der Waals surface area (Å²) >= 11 is 0. The van der Waals surface area contributed by atoms with E-state index in [4.69, 9.17) is 9.47 Å². The summed E-state index contributed by atoms with van der Waals surface area (Å²) in [6, 6.07) is 4.26. The molecule has 1 aromatic carbocycles. The van der Waals surface area contributed by atoms with E-state index in [0.717, 1.165) is 0 Å². The molecular weight excluding hydrogens is 199 g/mol. The number of hydrogen-bond acceptors (Lipinski definition) is 3. The van der Waals surface area contributed by atoms with Gasteiger partial charge in [0.25, 0.3) is 0 Å². The molecule has 0 unspecified atom stereocenters. The molecule has 1 rings (SSSR count). The summed E-state index contributed by atoms with van der Waals surface area (Å²) in [7, 11) is 1.52. The van der Waals surface area contributed by atoms with E-state index in [1.54, 1.807) is 6.07 Å². The van der Waals surface area contributed by atoms with E-state index in [1.807, 2.05) is 0 Å². The first-order valence-corrected chi connectivity index (χ1v) is 4.59. The van der Waals surface area contributed by atoms with E-state index < -0.39 is 0 Å². The monoisotopic (exact) mass is 212 g/mol. The molecule has 15 heavy (non-hydrogen) atoms. The Morgan fingerprint density at radius 2 is 2.20 bits per heavy atom. The molecule has 1 aromatic rings. The van der Waals surface area contributed by atoms with Crippen molar-refractivity contribution in [3.63, 3.8) is 0 Å². The Hall–Kier alpha value is -1.58. The summed E-state index contributed by atoms with van der Waals surface area (Å²) in [5.41, 5.74) is 0.693. The van der Waals surface area contributed by atoms with Crippen LogP contribution in [0.1, 0.15) is 12.5 Å². The molecule has 82 valence electrons. The molecule has 0 aromatic heterocycles. The van der Waals surface area contributed by atoms with Crippen molar-refractivity contribution in [3.05, 3.63) is 29.6 Å². The van der Waals surface area contributed by atoms with Crippen LogP contribution in [0.2, 0.25) is 0 Å². The Labute approximate surface area is 87.8 Å². The van der Waals surface area contributed by atoms with Crippen LogP contribution in [0, 0.1) is 5.82 Å². The van der Waals surface area contributed by atoms with Crippen molar-refractivity contribution in [1.29, 1.82) is 0 Å². The molecule has 0 N–H and O–H groups in total. The van der Waals surface area contributed by atoms with Gasteiger partial charge < -0.3 is 9.47 Å². The van der Waals surface area contributed by atoms with E-state index in [0.29, 0.717) is 17.7 Å². The third-order valence-corrected chi connectivity index (χ3v) is 1.92. The Morgan fingerprint density at radius 1 is 1.47 bits per heavy atom. The summed E-state index contributed by atoms with van der Waals surface area (Å²) in [6.07, 6.45) is 0.445. The van der Waals surface area contributed by atoms with Crippen LogP contribution < -0.4 is 4.74 Å². The van der Waals surface area contributed by atoms with Gasteiger partial charge in [-0.1, -0.05) is 0 Å². The van der Waals surface area contributed by atoms with E-state index in [9.17, 15) is 9.18 Å². The van der Waals surface area contributed by atoms with Gasteiger partial charge in [-0.3, -0.25) is 4.79 Å². The van der Waals surface area contributed by atoms with Gasteiger partial charge >= 0.3 is 5.97 Å². The molecule has 0 aliphatic rings. The number of rotatable bonds is 4. The summed E-state index contributed by atoms with van der Waals surface area (Å²) in [4.78, 5) is 10.5. The van der Waals surface area contributed by atoms with Gasteiger partial charge in [0.05, 0.1) is 13.7 Å². The first-order chi connectivity index (χ1) is 7.13. The molecule has 4 heteroatoms. The summed E-state index contributed by atoms with van der Waals surface area (Å²) < 4.78 is 22.7. The van der Waals surface area contributed by atoms with Crippen molar-refractivity contribution in [2.45, 2.75) is 13.3 Å². The molecule has 0 saturated heterocycles. The van der Waals surface area contributed by atoms with Crippen LogP contribution in [-0.2, 0) is 16.0 Å². The zero-order valence-electron chi connectivity index (χ0n) is 8.75. The maximum absolute atomic E-state index is 12.9. The van der Waals surface area contributed by atoms with Gasteiger partial charge in [-0.15, -0.1) is 0 Å². The van der Waals surface area contributed by atoms with E-state index in [1.165, 1.54) is 26.2 Å². The second kappa shape index (κ2) is 5.34. The first kappa shape index (κ1) is 11.5. The second-order valence-electron chi connectivity index (χ2n) is 3.05. The lowest BCUT2D eigenvalue weighted by molar-refractivity contribution is -0.140. The van der Waals surface area contributed by atoms with Gasteiger partial charge in [-0.05, 0) is 18.2 Å². The maximum atomic E-state index is 12.9. The van der Waals surface area contributed by atoms with Crippen molar-refractivity contribution in [2.24, 2.45) is 0 Å². The van der Waals surface area contributed by atoms with Gasteiger partial charge in [0, 0.05) is 18.9 Å². The van der Waals surface area contributed by atoms with E-state index in [-0.39, 0.29) is 18.4 Å². The van der Waals surface area contributed by atoms with Crippen molar-refractivity contribution < 1.29 is 18.7 Å². The maximum Gasteiger partial charge on any atom is 0.302 e. The molecule has 0 radical (unpaired) electrons. The number of methoxy groups -OCH3 is 1. The van der Waals surface area contributed by atoms with Crippen LogP contribution in [-0.4, -0.2) is 19.7 Å². The standard InChI is InChI=1S/C11H13FO3/c1-8(13)15-6-5-9-7-10(12)3-4-11(9)14-2/h3-4,7H,5-6H2,1-2H3. The fourth-order valence-electron chi connectivity index (χ4n) is 1.25. The van der Waals surface area contributed by atoms with E-state index in [2.05, 4.69) is 0 Å². The number of esters is 1. The largest absolute Gasteiger partial charge is 0.496 e. The number of carbonyl (C=O) groups excluding carboxylic acids is 1. The topological polar surface area (TPSA) is 35.5 Å². The molecule has 0 heterocycles. The molecule has 0 spiro atoms. The molecule has 0 amide bonds. The Morgan fingerprint density at radius 3 is 2.80 bits per heavy atom. The quantitative estimate of drug-likeness (QED) is 0.715. The predicted octanol–water partition coefficient (Wildman–Crippen LogP) is 1.94. The van der Waals surface area contributed by atoms with Crippen LogP contribution >= 0.6 is 0 Å². The summed E-state index contributed by atoms with van der Waals surface area (Å²) in [6.45, 7) is 1.57. The van der Waals surface area contributed by atoms with Crippen molar-refractivity contribution in [2.75, 3.05) is 13.7 Å². The highest BCUT2D eigenvalue weighted by atomic mass is 19.1. The van der Waals surface area contributed by atoms with E-state index >= 15 is 0 Å². The Balaban J connectivity index is 2.65. The van der Waals surface area contributed by atoms with Crippen LogP contribution in [0.4, 0.5) is 4.39 Å². The molecular formula is C11H13FO3. The van der Waals surface area contributed by atoms with Gasteiger partial charge in [0.1, 0.15) is 11.6 Å². The Kier molecular flexibility index (Phi) is 4.09. The SMILES string of the molecule is COc1ccc(F)cc1CCOC(C)=O. The van der Waals surface area contributed by atoms with Crippen molar-refractivity contribution >= 4 is 5.97 Å². The van der Waals surface area contributed by atoms with Gasteiger partial charge in [-0.25, -0.2) is 4.39 Å². The third kappa shape index (κ3) is 3.58. The fourth-order valence-corrected chi connectivity index (χ4v) is 1.25. The Bertz CT molecular complexity index is 350. The molecule has 0 atom stereocenters. The average Bonchev–Trinajstić information content (AvgIpc) is 2.17. The minimum Gasteiger partial charge on any atom is -0.496 e. The van der Waals surface area contributed by atoms with Crippen LogP contribution in [0.3, 0.4) is 0 Å². The first-order valence-electron chi connectivity index (χ1n) is 4.59. The lowest BCUT2D eigenvalue weighted by Crippen LogP contribution is -2.04. The van der Waals surface area contributed by atoms with Gasteiger partial charge in [0.2, 0.25) is 0 Å². The molecule has 0 saturated carbocycles. The normalized spacial score (nSPS) is 9.80. The highest BCUT2D eigenvalue weighted by Crippen LogP contribution is 2.19. The predicted molar refractivity (Wildman–Crippen MR) is 53.3 cm³/mol. The zero-order chi connectivity index (χ0) is 11.3. The van der Waals surface area contributed by atoms with Gasteiger partial charge in [0.15, 0.2) is 0 Å². The molecule has 0 aliphatic carbocycles. The van der Waals surface area contributed by atoms with Crippen molar-refractivity contribution in [3.8, 4) is 5.75 Å². The van der Waals surface area contributed by atoms with Gasteiger partial charge in [-0.2, -0.15) is 0 Å². The lowest BCUT2D eigenvalue weighted by atomic mass is 10.1. The smallest absolute Gasteiger partial charge is 0.302 e. The summed E-state index contributed by atoms with van der Waals surface area (Å²) in [5, 5.41) is 0. The number of benzene rings is 1. The highest BCUT2D eigenvalue weighted by Gasteiger charge is 2.05. The lowest BCUT2D eigenvalue weighted by Gasteiger charge is -2.08. The summed E-state index contributed by atoms with van der Waals surface area (Å²) in [5.74, 6) is -0.0671. The zero-order valence-corrected chi connectivity index (χ0v) is 8.75. The highest BCUT2D eigenvalue weighted by molar-refractivity contribution is 5.65. The number of hydrogen-bond donors (Lipinski definition) is 0. The van der Waals surface area contributed by atoms with Crippen LogP contribution in [0.5, 0.6) is 5.75 Å². The number of ether oxygens (including phenoxy) is 2. The minimum atomic E-state index is -0.342.